The van der Waals surface area contributed by atoms with Crippen LogP contribution >= 0.6 is 0 Å². The number of nitrogens with zero attached hydrogens (tertiary/aromatic N) is 2. The van der Waals surface area contributed by atoms with E-state index < -0.39 is 0 Å². The summed E-state index contributed by atoms with van der Waals surface area (Å²) in [4.78, 5) is 15.2. The first kappa shape index (κ1) is 17.1. The van der Waals surface area contributed by atoms with E-state index in [0.29, 0.717) is 12.3 Å². The second-order valence-corrected chi connectivity index (χ2v) is 6.33. The van der Waals surface area contributed by atoms with Crippen LogP contribution in [0.4, 0.5) is 0 Å². The average Bonchev–Trinajstić information content (AvgIpc) is 3.32. The summed E-state index contributed by atoms with van der Waals surface area (Å²) in [6.45, 7) is 4.23. The minimum Gasteiger partial charge on any atom is -0.461 e. The Hall–Kier alpha value is -3.34. The van der Waals surface area contributed by atoms with Gasteiger partial charge in [0.05, 0.1) is 17.8 Å². The zero-order valence-corrected chi connectivity index (χ0v) is 15.4. The number of H-pyrrole nitrogens is 1. The normalized spacial score (nSPS) is 11.0. The van der Waals surface area contributed by atoms with Gasteiger partial charge in [0.1, 0.15) is 5.69 Å². The maximum Gasteiger partial charge on any atom is 0.354 e. The van der Waals surface area contributed by atoms with Crippen LogP contribution in [0.1, 0.15) is 30.0 Å². The Kier molecular flexibility index (Phi) is 4.50. The third-order valence-electron chi connectivity index (χ3n) is 4.60. The van der Waals surface area contributed by atoms with E-state index in [2.05, 4.69) is 35.2 Å². The van der Waals surface area contributed by atoms with Crippen molar-refractivity contribution in [2.24, 2.45) is 0 Å². The van der Waals surface area contributed by atoms with Gasteiger partial charge >= 0.3 is 5.97 Å². The van der Waals surface area contributed by atoms with Crippen molar-refractivity contribution in [2.45, 2.75) is 20.3 Å². The van der Waals surface area contributed by atoms with Crippen LogP contribution < -0.4 is 0 Å². The van der Waals surface area contributed by atoms with Gasteiger partial charge in [-0.05, 0) is 43.2 Å². The number of rotatable bonds is 5. The summed E-state index contributed by atoms with van der Waals surface area (Å²) in [5, 5.41) is 5.73. The molecule has 0 fully saturated rings. The van der Waals surface area contributed by atoms with Crippen molar-refractivity contribution in [2.75, 3.05) is 6.61 Å². The zero-order chi connectivity index (χ0) is 18.8. The van der Waals surface area contributed by atoms with Crippen LogP contribution in [-0.4, -0.2) is 27.3 Å². The summed E-state index contributed by atoms with van der Waals surface area (Å²) in [5.74, 6) is -0.321. The third kappa shape index (κ3) is 3.24. The minimum absolute atomic E-state index is 0.321. The van der Waals surface area contributed by atoms with Gasteiger partial charge in [-0.2, -0.15) is 5.10 Å². The lowest BCUT2D eigenvalue weighted by Gasteiger charge is -2.05. The monoisotopic (exact) mass is 359 g/mol. The van der Waals surface area contributed by atoms with E-state index in [1.807, 2.05) is 47.3 Å². The fourth-order valence-corrected chi connectivity index (χ4v) is 3.24. The van der Waals surface area contributed by atoms with Crippen LogP contribution in [0.25, 0.3) is 27.7 Å². The fraction of sp³-hybridized carbons (Fsp3) is 0.182. The molecule has 0 unspecified atom stereocenters. The molecule has 0 amide bonds. The predicted octanol–water partition coefficient (Wildman–Crippen LogP) is 4.76. The van der Waals surface area contributed by atoms with Crippen molar-refractivity contribution in [3.63, 3.8) is 0 Å². The van der Waals surface area contributed by atoms with E-state index >= 15 is 0 Å². The number of carbonyl (C=O) groups excluding carboxylic acids is 1. The highest BCUT2D eigenvalue weighted by molar-refractivity contribution is 5.90. The highest BCUT2D eigenvalue weighted by Crippen LogP contribution is 2.27. The van der Waals surface area contributed by atoms with Crippen LogP contribution in [-0.2, 0) is 11.2 Å². The van der Waals surface area contributed by atoms with E-state index in [0.717, 1.165) is 39.8 Å². The molecule has 136 valence electrons. The second kappa shape index (κ2) is 7.11. The van der Waals surface area contributed by atoms with Gasteiger partial charge in [0.15, 0.2) is 0 Å². The van der Waals surface area contributed by atoms with Gasteiger partial charge in [-0.15, -0.1) is 0 Å². The molecule has 2 heterocycles. The lowest BCUT2D eigenvalue weighted by molar-refractivity contribution is 0.0520. The van der Waals surface area contributed by atoms with Crippen LogP contribution in [0.3, 0.4) is 0 Å². The van der Waals surface area contributed by atoms with E-state index in [-0.39, 0.29) is 5.97 Å². The van der Waals surface area contributed by atoms with E-state index in [1.165, 1.54) is 0 Å². The molecule has 0 bridgehead atoms. The van der Waals surface area contributed by atoms with Crippen molar-refractivity contribution in [1.82, 2.24) is 14.8 Å². The van der Waals surface area contributed by atoms with Gasteiger partial charge in [0.2, 0.25) is 0 Å². The summed E-state index contributed by atoms with van der Waals surface area (Å²) in [7, 11) is 0. The molecule has 0 aliphatic rings. The van der Waals surface area contributed by atoms with Crippen molar-refractivity contribution < 1.29 is 9.53 Å². The number of aryl methyl sites for hydroxylation is 1. The molecule has 5 heteroatoms. The number of ether oxygens (including phenoxy) is 1. The summed E-state index contributed by atoms with van der Waals surface area (Å²) in [6, 6.07) is 18.1. The van der Waals surface area contributed by atoms with Crippen LogP contribution in [0, 0.1) is 0 Å². The number of aromatic nitrogens is 3. The molecule has 0 aliphatic carbocycles. The maximum atomic E-state index is 12.0. The first-order valence-corrected chi connectivity index (χ1v) is 9.13. The molecule has 27 heavy (non-hydrogen) atoms. The summed E-state index contributed by atoms with van der Waals surface area (Å²) in [6.07, 6.45) is 2.83. The Morgan fingerprint density at radius 2 is 1.89 bits per heavy atom. The number of carbonyl (C=O) groups is 1. The van der Waals surface area contributed by atoms with Gasteiger partial charge in [-0.3, -0.25) is 0 Å². The summed E-state index contributed by atoms with van der Waals surface area (Å²) >= 11 is 0. The number of benzene rings is 2. The number of hydrogen-bond donors (Lipinski definition) is 1. The first-order chi connectivity index (χ1) is 13.2. The van der Waals surface area contributed by atoms with Crippen molar-refractivity contribution in [1.29, 1.82) is 0 Å². The van der Waals surface area contributed by atoms with Crippen molar-refractivity contribution in [3.05, 3.63) is 72.2 Å². The summed E-state index contributed by atoms with van der Waals surface area (Å²) < 4.78 is 6.99. The molecule has 2 aromatic carbocycles. The average molecular weight is 359 g/mol. The largest absolute Gasteiger partial charge is 0.461 e. The van der Waals surface area contributed by atoms with Gasteiger partial charge in [0.25, 0.3) is 0 Å². The van der Waals surface area contributed by atoms with Crippen LogP contribution in [0.15, 0.2) is 60.8 Å². The molecule has 5 nitrogen and oxygen atoms in total. The molecule has 0 aliphatic heterocycles. The molecule has 4 aromatic rings. The number of fused-ring (bicyclic) bond motifs is 1. The van der Waals surface area contributed by atoms with Gasteiger partial charge in [-0.25, -0.2) is 9.48 Å². The highest BCUT2D eigenvalue weighted by atomic mass is 16.5. The topological polar surface area (TPSA) is 59.9 Å². The number of hydrogen-bond acceptors (Lipinski definition) is 3. The van der Waals surface area contributed by atoms with Gasteiger partial charge in [0, 0.05) is 22.8 Å². The molecular weight excluding hydrogens is 338 g/mol. The first-order valence-electron chi connectivity index (χ1n) is 9.13. The highest BCUT2D eigenvalue weighted by Gasteiger charge is 2.15. The molecule has 0 saturated carbocycles. The standard InChI is InChI=1S/C22H21N3O2/c1-3-19-18(13-21(23-19)22(26)27-4-2)15-9-11-17(12-10-15)25-14-16-7-5-6-8-20(16)24-25/h5-14,23H,3-4H2,1-2H3. The summed E-state index contributed by atoms with van der Waals surface area (Å²) in [5.41, 5.74) is 5.56. The number of nitrogens with one attached hydrogen (secondary N) is 1. The molecule has 0 spiro atoms. The van der Waals surface area contributed by atoms with Gasteiger partial charge in [-0.1, -0.05) is 37.3 Å². The molecule has 1 N–H and O–H groups in total. The van der Waals surface area contributed by atoms with Crippen molar-refractivity contribution >= 4 is 16.9 Å². The van der Waals surface area contributed by atoms with Crippen LogP contribution in [0.2, 0.25) is 0 Å². The Balaban J connectivity index is 1.66. The maximum absolute atomic E-state index is 12.0. The second-order valence-electron chi connectivity index (χ2n) is 6.33. The van der Waals surface area contributed by atoms with Crippen molar-refractivity contribution in [3.8, 4) is 16.8 Å². The quantitative estimate of drug-likeness (QED) is 0.523. The molecule has 0 atom stereocenters. The third-order valence-corrected chi connectivity index (χ3v) is 4.60. The number of esters is 1. The van der Waals surface area contributed by atoms with Gasteiger partial charge < -0.3 is 9.72 Å². The lowest BCUT2D eigenvalue weighted by atomic mass is 10.0. The minimum atomic E-state index is -0.321. The van der Waals surface area contributed by atoms with E-state index in [1.54, 1.807) is 6.92 Å². The van der Waals surface area contributed by atoms with E-state index in [4.69, 9.17) is 4.74 Å². The lowest BCUT2D eigenvalue weighted by Crippen LogP contribution is -2.04. The predicted molar refractivity (Wildman–Crippen MR) is 106 cm³/mol. The molecule has 4 rings (SSSR count). The number of aromatic amines is 1. The molecule has 0 radical (unpaired) electrons. The fourth-order valence-electron chi connectivity index (χ4n) is 3.24. The van der Waals surface area contributed by atoms with Crippen LogP contribution in [0.5, 0.6) is 0 Å². The Morgan fingerprint density at radius 3 is 2.59 bits per heavy atom. The molecule has 2 aromatic heterocycles. The zero-order valence-electron chi connectivity index (χ0n) is 15.4. The Labute approximate surface area is 157 Å². The van der Waals surface area contributed by atoms with E-state index in [9.17, 15) is 4.79 Å². The molecule has 0 saturated heterocycles. The Morgan fingerprint density at radius 1 is 1.11 bits per heavy atom. The SMILES string of the molecule is CCOC(=O)c1cc(-c2ccc(-n3cc4ccccc4n3)cc2)c(CC)[nH]1. The smallest absolute Gasteiger partial charge is 0.354 e. The Bertz CT molecular complexity index is 1060. The molecular formula is C22H21N3O2.